The molecule has 6 heteroatoms. The molecule has 0 fully saturated rings. The maximum atomic E-state index is 13.4. The molecule has 5 nitrogen and oxygen atoms in total. The van der Waals surface area contributed by atoms with Gasteiger partial charge in [0.05, 0.1) is 27.4 Å². The van der Waals surface area contributed by atoms with Crippen LogP contribution in [0.25, 0.3) is 0 Å². The molecule has 0 saturated heterocycles. The van der Waals surface area contributed by atoms with Gasteiger partial charge in [0.25, 0.3) is 0 Å². The van der Waals surface area contributed by atoms with Gasteiger partial charge in [-0.25, -0.2) is 4.39 Å². The molecule has 128 valence electrons. The number of nitrogens with one attached hydrogen (secondary N) is 1. The summed E-state index contributed by atoms with van der Waals surface area (Å²) in [6.45, 7) is 1.99. The highest BCUT2D eigenvalue weighted by molar-refractivity contribution is 5.60. The lowest BCUT2D eigenvalue weighted by Crippen LogP contribution is -2.20. The van der Waals surface area contributed by atoms with Crippen molar-refractivity contribution in [2.45, 2.75) is 19.1 Å². The van der Waals surface area contributed by atoms with Crippen LogP contribution in [0.4, 0.5) is 10.1 Å². The second-order valence-corrected chi connectivity index (χ2v) is 5.56. The number of anilines is 1. The molecule has 0 amide bonds. The Labute approximate surface area is 140 Å². The Morgan fingerprint density at radius 1 is 0.958 bits per heavy atom. The third-order valence-electron chi connectivity index (χ3n) is 4.06. The first-order chi connectivity index (χ1) is 11.6. The minimum Gasteiger partial charge on any atom is -0.493 e. The van der Waals surface area contributed by atoms with Crippen LogP contribution in [0, 0.1) is 5.82 Å². The van der Waals surface area contributed by atoms with E-state index in [-0.39, 0.29) is 18.0 Å². The van der Waals surface area contributed by atoms with Crippen LogP contribution in [-0.4, -0.2) is 27.4 Å². The van der Waals surface area contributed by atoms with Crippen molar-refractivity contribution in [2.24, 2.45) is 0 Å². The molecule has 3 rings (SSSR count). The van der Waals surface area contributed by atoms with Crippen LogP contribution in [-0.2, 0) is 0 Å². The van der Waals surface area contributed by atoms with Gasteiger partial charge in [-0.1, -0.05) is 6.07 Å². The average molecular weight is 333 g/mol. The normalized spacial score (nSPS) is 18.5. The van der Waals surface area contributed by atoms with E-state index in [1.807, 2.05) is 6.92 Å². The van der Waals surface area contributed by atoms with Crippen LogP contribution in [0.1, 0.15) is 18.6 Å². The van der Waals surface area contributed by atoms with E-state index in [2.05, 4.69) is 5.32 Å². The average Bonchev–Trinajstić information content (AvgIpc) is 2.88. The maximum Gasteiger partial charge on any atom is 0.203 e. The Hall–Kier alpha value is -2.63. The molecule has 0 aromatic heterocycles. The smallest absolute Gasteiger partial charge is 0.203 e. The largest absolute Gasteiger partial charge is 0.493 e. The summed E-state index contributed by atoms with van der Waals surface area (Å²) in [4.78, 5) is 0. The molecule has 1 N–H and O–H groups in total. The number of hydrogen-bond acceptors (Lipinski definition) is 5. The maximum absolute atomic E-state index is 13.4. The molecule has 0 bridgehead atoms. The highest BCUT2D eigenvalue weighted by Crippen LogP contribution is 2.44. The van der Waals surface area contributed by atoms with Crippen molar-refractivity contribution in [3.63, 3.8) is 0 Å². The summed E-state index contributed by atoms with van der Waals surface area (Å²) < 4.78 is 35.5. The van der Waals surface area contributed by atoms with Gasteiger partial charge in [-0.15, -0.1) is 0 Å². The monoisotopic (exact) mass is 333 g/mol. The Morgan fingerprint density at radius 3 is 2.21 bits per heavy atom. The first kappa shape index (κ1) is 16.2. The lowest BCUT2D eigenvalue weighted by molar-refractivity contribution is 0.195. The van der Waals surface area contributed by atoms with Gasteiger partial charge in [0.1, 0.15) is 17.7 Å². The molecule has 24 heavy (non-hydrogen) atoms. The molecule has 0 radical (unpaired) electrons. The first-order valence-electron chi connectivity index (χ1n) is 7.60. The van der Waals surface area contributed by atoms with Gasteiger partial charge >= 0.3 is 0 Å². The third kappa shape index (κ3) is 2.79. The number of halogens is 1. The summed E-state index contributed by atoms with van der Waals surface area (Å²) in [5.74, 6) is 1.85. The highest BCUT2D eigenvalue weighted by Gasteiger charge is 2.31. The summed E-state index contributed by atoms with van der Waals surface area (Å²) in [6, 6.07) is 8.14. The summed E-state index contributed by atoms with van der Waals surface area (Å²) in [7, 11) is 4.66. The minimum atomic E-state index is -0.276. The van der Waals surface area contributed by atoms with Gasteiger partial charge in [-0.2, -0.15) is 0 Å². The molecule has 0 saturated carbocycles. The summed E-state index contributed by atoms with van der Waals surface area (Å²) >= 11 is 0. The van der Waals surface area contributed by atoms with E-state index in [0.29, 0.717) is 23.0 Å². The SMILES string of the molecule is COc1cc(OC2c3ccc(F)cc3NC2C)cc(OC)c1OC. The number of rotatable bonds is 5. The van der Waals surface area contributed by atoms with Gasteiger partial charge in [0.2, 0.25) is 5.75 Å². The van der Waals surface area contributed by atoms with E-state index in [4.69, 9.17) is 18.9 Å². The van der Waals surface area contributed by atoms with Crippen LogP contribution in [0.15, 0.2) is 30.3 Å². The van der Waals surface area contributed by atoms with Crippen molar-refractivity contribution in [3.8, 4) is 23.0 Å². The fraction of sp³-hybridized carbons (Fsp3) is 0.333. The zero-order valence-corrected chi connectivity index (χ0v) is 14.1. The quantitative estimate of drug-likeness (QED) is 0.902. The second-order valence-electron chi connectivity index (χ2n) is 5.56. The molecule has 2 aromatic rings. The number of methoxy groups -OCH3 is 3. The van der Waals surface area contributed by atoms with Crippen molar-refractivity contribution in [1.29, 1.82) is 0 Å². The number of hydrogen-bond donors (Lipinski definition) is 1. The molecular weight excluding hydrogens is 313 g/mol. The zero-order valence-electron chi connectivity index (χ0n) is 14.1. The predicted octanol–water partition coefficient (Wildman–Crippen LogP) is 3.79. The van der Waals surface area contributed by atoms with Gasteiger partial charge in [0, 0.05) is 23.4 Å². The fourth-order valence-electron chi connectivity index (χ4n) is 2.93. The van der Waals surface area contributed by atoms with Gasteiger partial charge in [0.15, 0.2) is 11.5 Å². The Balaban J connectivity index is 1.94. The van der Waals surface area contributed by atoms with Crippen molar-refractivity contribution in [2.75, 3.05) is 26.6 Å². The summed E-state index contributed by atoms with van der Waals surface area (Å²) in [5, 5.41) is 3.24. The van der Waals surface area contributed by atoms with E-state index in [9.17, 15) is 4.39 Å². The zero-order chi connectivity index (χ0) is 17.3. The van der Waals surface area contributed by atoms with Crippen molar-refractivity contribution in [1.82, 2.24) is 0 Å². The highest BCUT2D eigenvalue weighted by atomic mass is 19.1. The van der Waals surface area contributed by atoms with E-state index < -0.39 is 0 Å². The molecular formula is C18H20FNO4. The standard InChI is InChI=1S/C18H20FNO4/c1-10-17(13-6-5-11(19)7-14(13)20-10)24-12-8-15(21-2)18(23-4)16(9-12)22-3/h5-10,17,20H,1-4H3. The van der Waals surface area contributed by atoms with Crippen LogP contribution in [0.2, 0.25) is 0 Å². The van der Waals surface area contributed by atoms with Crippen LogP contribution >= 0.6 is 0 Å². The van der Waals surface area contributed by atoms with Gasteiger partial charge in [-0.05, 0) is 19.1 Å². The van der Waals surface area contributed by atoms with Crippen LogP contribution in [0.3, 0.4) is 0 Å². The van der Waals surface area contributed by atoms with Gasteiger partial charge < -0.3 is 24.3 Å². The lowest BCUT2D eigenvalue weighted by Gasteiger charge is -2.20. The first-order valence-corrected chi connectivity index (χ1v) is 7.60. The Bertz CT molecular complexity index is 725. The van der Waals surface area contributed by atoms with Crippen LogP contribution < -0.4 is 24.3 Å². The van der Waals surface area contributed by atoms with E-state index in [0.717, 1.165) is 11.3 Å². The summed E-state index contributed by atoms with van der Waals surface area (Å²) in [6.07, 6.45) is -0.247. The van der Waals surface area contributed by atoms with Crippen LogP contribution in [0.5, 0.6) is 23.0 Å². The van der Waals surface area contributed by atoms with Gasteiger partial charge in [-0.3, -0.25) is 0 Å². The number of benzene rings is 2. The molecule has 1 aliphatic rings. The molecule has 1 aliphatic heterocycles. The minimum absolute atomic E-state index is 0.000825. The molecule has 0 spiro atoms. The molecule has 0 aliphatic carbocycles. The molecule has 2 unspecified atom stereocenters. The third-order valence-corrected chi connectivity index (χ3v) is 4.06. The van der Waals surface area contributed by atoms with Crippen molar-refractivity contribution in [3.05, 3.63) is 41.7 Å². The van der Waals surface area contributed by atoms with E-state index in [1.165, 1.54) is 12.1 Å². The number of fused-ring (bicyclic) bond motifs is 1. The molecule has 1 heterocycles. The topological polar surface area (TPSA) is 49.0 Å². The van der Waals surface area contributed by atoms with Crippen molar-refractivity contribution >= 4 is 5.69 Å². The second kappa shape index (κ2) is 6.47. The Kier molecular flexibility index (Phi) is 4.38. The van der Waals surface area contributed by atoms with Crippen molar-refractivity contribution < 1.29 is 23.3 Å². The fourth-order valence-corrected chi connectivity index (χ4v) is 2.93. The predicted molar refractivity (Wildman–Crippen MR) is 89.0 cm³/mol. The van der Waals surface area contributed by atoms with E-state index in [1.54, 1.807) is 39.5 Å². The van der Waals surface area contributed by atoms with E-state index >= 15 is 0 Å². The molecule has 2 atom stereocenters. The molecule has 2 aromatic carbocycles. The number of ether oxygens (including phenoxy) is 4. The lowest BCUT2D eigenvalue weighted by atomic mass is 10.1. The Morgan fingerprint density at radius 2 is 1.62 bits per heavy atom. The summed E-state index contributed by atoms with van der Waals surface area (Å²) in [5.41, 5.74) is 1.66.